The predicted molar refractivity (Wildman–Crippen MR) is 70.4 cm³/mol. The highest BCUT2D eigenvalue weighted by atomic mass is 14.5. The van der Waals surface area contributed by atoms with Gasteiger partial charge in [-0.25, -0.2) is 0 Å². The zero-order chi connectivity index (χ0) is 13.8. The first-order valence-corrected chi connectivity index (χ1v) is 5.44. The summed E-state index contributed by atoms with van der Waals surface area (Å²) in [5, 5.41) is 27.0. The Bertz CT molecular complexity index is 770. The molecule has 2 rings (SSSR count). The lowest BCUT2D eigenvalue weighted by atomic mass is 9.96. The molecule has 2 aromatic carbocycles. The van der Waals surface area contributed by atoms with E-state index in [2.05, 4.69) is 6.07 Å². The van der Waals surface area contributed by atoms with E-state index in [-0.39, 0.29) is 0 Å². The molecule has 0 amide bonds. The van der Waals surface area contributed by atoms with Gasteiger partial charge in [-0.1, -0.05) is 12.1 Å². The van der Waals surface area contributed by atoms with Gasteiger partial charge in [-0.15, -0.1) is 0 Å². The molecule has 0 fully saturated rings. The largest absolute Gasteiger partial charge is 0.399 e. The third-order valence-corrected chi connectivity index (χ3v) is 2.74. The van der Waals surface area contributed by atoms with E-state index in [1.165, 1.54) is 0 Å². The van der Waals surface area contributed by atoms with Gasteiger partial charge in [0.15, 0.2) is 0 Å². The highest BCUT2D eigenvalue weighted by molar-refractivity contribution is 5.74. The Morgan fingerprint density at radius 3 is 2.05 bits per heavy atom. The molecular weight excluding hydrogens is 236 g/mol. The maximum atomic E-state index is 9.11. The van der Waals surface area contributed by atoms with Crippen molar-refractivity contribution in [2.24, 2.45) is 0 Å². The number of nitrogens with zero attached hydrogens (tertiary/aromatic N) is 3. The third-order valence-electron chi connectivity index (χ3n) is 2.74. The van der Waals surface area contributed by atoms with Crippen LogP contribution < -0.4 is 5.73 Å². The van der Waals surface area contributed by atoms with Crippen LogP contribution in [0, 0.1) is 34.0 Å². The van der Waals surface area contributed by atoms with E-state index in [4.69, 9.17) is 21.5 Å². The Morgan fingerprint density at radius 2 is 1.42 bits per heavy atom. The lowest BCUT2D eigenvalue weighted by molar-refractivity contribution is 1.42. The number of nitriles is 3. The minimum Gasteiger partial charge on any atom is -0.399 e. The summed E-state index contributed by atoms with van der Waals surface area (Å²) in [4.78, 5) is 0. The molecule has 0 aromatic heterocycles. The fourth-order valence-corrected chi connectivity index (χ4v) is 1.81. The van der Waals surface area contributed by atoms with Crippen molar-refractivity contribution in [3.05, 3.63) is 53.1 Å². The number of hydrogen-bond donors (Lipinski definition) is 1. The van der Waals surface area contributed by atoms with Crippen molar-refractivity contribution in [1.29, 1.82) is 15.8 Å². The fraction of sp³-hybridized carbons (Fsp3) is 0. The summed E-state index contributed by atoms with van der Waals surface area (Å²) in [6, 6.07) is 15.9. The minimum atomic E-state index is 0.292. The van der Waals surface area contributed by atoms with Crippen molar-refractivity contribution in [3.63, 3.8) is 0 Å². The van der Waals surface area contributed by atoms with Crippen molar-refractivity contribution in [2.75, 3.05) is 5.73 Å². The molecule has 4 nitrogen and oxygen atoms in total. The minimum absolute atomic E-state index is 0.292. The van der Waals surface area contributed by atoms with Gasteiger partial charge in [0.25, 0.3) is 0 Å². The van der Waals surface area contributed by atoms with E-state index in [0.29, 0.717) is 33.5 Å². The van der Waals surface area contributed by atoms with Gasteiger partial charge >= 0.3 is 0 Å². The van der Waals surface area contributed by atoms with E-state index >= 15 is 0 Å². The smallest absolute Gasteiger partial charge is 0.101 e. The topological polar surface area (TPSA) is 97.4 Å². The summed E-state index contributed by atoms with van der Waals surface area (Å²) in [6.07, 6.45) is 0. The molecule has 4 heteroatoms. The van der Waals surface area contributed by atoms with Crippen molar-refractivity contribution in [2.45, 2.75) is 0 Å². The van der Waals surface area contributed by atoms with E-state index in [1.54, 1.807) is 36.4 Å². The number of nitrogen functional groups attached to an aromatic ring is 1. The van der Waals surface area contributed by atoms with Crippen LogP contribution in [0.3, 0.4) is 0 Å². The molecular formula is C15H8N4. The Hall–Kier alpha value is -3.29. The molecule has 0 aliphatic carbocycles. The maximum Gasteiger partial charge on any atom is 0.101 e. The molecule has 0 saturated carbocycles. The first kappa shape index (κ1) is 12.2. The van der Waals surface area contributed by atoms with Gasteiger partial charge in [0.2, 0.25) is 0 Å². The predicted octanol–water partition coefficient (Wildman–Crippen LogP) is 2.55. The standard InChI is InChI=1S/C15H8N4/c16-7-11-2-1-10(5-12(11)8-17)15-4-3-14(19)6-13(15)9-18/h1-6H,19H2. The molecule has 0 aliphatic rings. The summed E-state index contributed by atoms with van der Waals surface area (Å²) >= 11 is 0. The van der Waals surface area contributed by atoms with Crippen LogP contribution in [0.15, 0.2) is 36.4 Å². The monoisotopic (exact) mass is 244 g/mol. The first-order chi connectivity index (χ1) is 9.19. The van der Waals surface area contributed by atoms with Gasteiger partial charge in [0, 0.05) is 5.69 Å². The van der Waals surface area contributed by atoms with Crippen molar-refractivity contribution < 1.29 is 0 Å². The summed E-state index contributed by atoms with van der Waals surface area (Å²) < 4.78 is 0. The highest BCUT2D eigenvalue weighted by Gasteiger charge is 2.08. The SMILES string of the molecule is N#Cc1ccc(-c2ccc(N)cc2C#N)cc1C#N. The second-order valence-corrected chi connectivity index (χ2v) is 3.90. The van der Waals surface area contributed by atoms with Crippen LogP contribution >= 0.6 is 0 Å². The molecule has 0 bridgehead atoms. The Labute approximate surface area is 110 Å². The van der Waals surface area contributed by atoms with Crippen molar-refractivity contribution >= 4 is 5.69 Å². The van der Waals surface area contributed by atoms with Crippen LogP contribution in [-0.2, 0) is 0 Å². The molecule has 0 unspecified atom stereocenters. The molecule has 2 N–H and O–H groups in total. The molecule has 0 saturated heterocycles. The number of benzene rings is 2. The van der Waals surface area contributed by atoms with Crippen LogP contribution in [0.4, 0.5) is 5.69 Å². The fourth-order valence-electron chi connectivity index (χ4n) is 1.81. The summed E-state index contributed by atoms with van der Waals surface area (Å²) in [5.74, 6) is 0. The van der Waals surface area contributed by atoms with E-state index in [0.717, 1.165) is 0 Å². The molecule has 88 valence electrons. The van der Waals surface area contributed by atoms with Gasteiger partial charge in [-0.05, 0) is 35.4 Å². The average Bonchev–Trinajstić information content (AvgIpc) is 2.46. The molecule has 0 heterocycles. The van der Waals surface area contributed by atoms with Crippen LogP contribution in [0.25, 0.3) is 11.1 Å². The second kappa shape index (κ2) is 4.92. The number of hydrogen-bond acceptors (Lipinski definition) is 4. The molecule has 0 atom stereocenters. The number of anilines is 1. The van der Waals surface area contributed by atoms with Crippen LogP contribution in [-0.4, -0.2) is 0 Å². The zero-order valence-electron chi connectivity index (χ0n) is 9.88. The van der Waals surface area contributed by atoms with Gasteiger partial charge in [0.1, 0.15) is 12.1 Å². The quantitative estimate of drug-likeness (QED) is 0.779. The second-order valence-electron chi connectivity index (χ2n) is 3.90. The van der Waals surface area contributed by atoms with Gasteiger partial charge in [-0.2, -0.15) is 15.8 Å². The number of nitrogens with two attached hydrogens (primary N) is 1. The molecule has 0 spiro atoms. The highest BCUT2D eigenvalue weighted by Crippen LogP contribution is 2.26. The molecule has 0 radical (unpaired) electrons. The number of rotatable bonds is 1. The van der Waals surface area contributed by atoms with Crippen LogP contribution in [0.5, 0.6) is 0 Å². The Morgan fingerprint density at radius 1 is 0.737 bits per heavy atom. The van der Waals surface area contributed by atoms with Gasteiger partial charge < -0.3 is 5.73 Å². The Balaban J connectivity index is 2.65. The lowest BCUT2D eigenvalue weighted by Crippen LogP contribution is -1.91. The van der Waals surface area contributed by atoms with Crippen molar-refractivity contribution in [3.8, 4) is 29.3 Å². The third kappa shape index (κ3) is 2.22. The molecule has 19 heavy (non-hydrogen) atoms. The molecule has 0 aliphatic heterocycles. The zero-order valence-corrected chi connectivity index (χ0v) is 9.88. The van der Waals surface area contributed by atoms with Crippen LogP contribution in [0.2, 0.25) is 0 Å². The summed E-state index contributed by atoms with van der Waals surface area (Å²) in [6.45, 7) is 0. The normalized spacial score (nSPS) is 9.11. The Kier molecular flexibility index (Phi) is 3.15. The summed E-state index contributed by atoms with van der Waals surface area (Å²) in [7, 11) is 0. The average molecular weight is 244 g/mol. The summed E-state index contributed by atoms with van der Waals surface area (Å²) in [5.41, 5.74) is 8.60. The van der Waals surface area contributed by atoms with Crippen molar-refractivity contribution in [1.82, 2.24) is 0 Å². The maximum absolute atomic E-state index is 9.11. The van der Waals surface area contributed by atoms with E-state index in [9.17, 15) is 0 Å². The molecule has 2 aromatic rings. The van der Waals surface area contributed by atoms with E-state index < -0.39 is 0 Å². The van der Waals surface area contributed by atoms with E-state index in [1.807, 2.05) is 12.1 Å². The first-order valence-electron chi connectivity index (χ1n) is 5.44. The lowest BCUT2D eigenvalue weighted by Gasteiger charge is -2.06. The van der Waals surface area contributed by atoms with Gasteiger partial charge in [0.05, 0.1) is 22.8 Å². The van der Waals surface area contributed by atoms with Crippen LogP contribution in [0.1, 0.15) is 16.7 Å². The van der Waals surface area contributed by atoms with Gasteiger partial charge in [-0.3, -0.25) is 0 Å².